The molecule has 216 valence electrons. The zero-order valence-electron chi connectivity index (χ0n) is 22.1. The van der Waals surface area contributed by atoms with Gasteiger partial charge in [0.2, 0.25) is 0 Å². The van der Waals surface area contributed by atoms with Gasteiger partial charge in [-0.3, -0.25) is 9.20 Å². The molecule has 1 N–H and O–H groups in total. The Labute approximate surface area is 232 Å². The molecule has 4 aromatic rings. The van der Waals surface area contributed by atoms with Crippen molar-refractivity contribution in [1.82, 2.24) is 14.7 Å². The highest BCUT2D eigenvalue weighted by Gasteiger charge is 2.32. The Hall–Kier alpha value is -4.22. The van der Waals surface area contributed by atoms with Gasteiger partial charge in [0.25, 0.3) is 5.91 Å². The van der Waals surface area contributed by atoms with Gasteiger partial charge in [-0.2, -0.15) is 26.3 Å². The second kappa shape index (κ2) is 11.0. The molecule has 2 aromatic carbocycles. The topological polar surface area (TPSA) is 52.9 Å². The Morgan fingerprint density at radius 2 is 1.29 bits per heavy atom. The summed E-state index contributed by atoms with van der Waals surface area (Å²) in [6.07, 6.45) is -7.64. The molecule has 0 radical (unpaired) electrons. The number of alkyl halides is 6. The number of carbonyl (C=O) groups is 1. The second-order valence-electron chi connectivity index (χ2n) is 9.77. The van der Waals surface area contributed by atoms with E-state index in [9.17, 15) is 31.1 Å². The monoisotopic (exact) mass is 575 g/mol. The number of nitrogens with one attached hydrogen (secondary N) is 1. The third kappa shape index (κ3) is 6.10. The molecule has 12 heteroatoms. The first-order chi connectivity index (χ1) is 19.4. The highest BCUT2D eigenvalue weighted by Crippen LogP contribution is 2.32. The molecular weight excluding hydrogens is 548 g/mol. The smallest absolute Gasteiger partial charge is 0.368 e. The van der Waals surface area contributed by atoms with Crippen LogP contribution >= 0.6 is 0 Å². The number of amides is 1. The molecule has 0 aliphatic carbocycles. The summed E-state index contributed by atoms with van der Waals surface area (Å²) in [5.41, 5.74) is 1.75. The highest BCUT2D eigenvalue weighted by atomic mass is 19.4. The van der Waals surface area contributed by atoms with Crippen molar-refractivity contribution in [3.8, 4) is 0 Å². The van der Waals surface area contributed by atoms with E-state index < -0.39 is 29.4 Å². The summed E-state index contributed by atoms with van der Waals surface area (Å²) in [5, 5.41) is 2.79. The Morgan fingerprint density at radius 3 is 1.80 bits per heavy atom. The minimum Gasteiger partial charge on any atom is -0.368 e. The quantitative estimate of drug-likeness (QED) is 0.279. The molecule has 0 spiro atoms. The average molecular weight is 576 g/mol. The fourth-order valence-electron chi connectivity index (χ4n) is 4.92. The van der Waals surface area contributed by atoms with Crippen LogP contribution < -0.4 is 15.1 Å². The van der Waals surface area contributed by atoms with Gasteiger partial charge in [-0.1, -0.05) is 19.1 Å². The third-order valence-electron chi connectivity index (χ3n) is 7.16. The largest absolute Gasteiger partial charge is 0.417 e. The maximum absolute atomic E-state index is 13.2. The van der Waals surface area contributed by atoms with Gasteiger partial charge < -0.3 is 15.1 Å². The second-order valence-corrected chi connectivity index (χ2v) is 9.77. The number of aryl methyl sites for hydroxylation is 1. The van der Waals surface area contributed by atoms with E-state index in [0.29, 0.717) is 38.3 Å². The van der Waals surface area contributed by atoms with Crippen molar-refractivity contribution in [2.24, 2.45) is 0 Å². The van der Waals surface area contributed by atoms with E-state index in [1.165, 1.54) is 22.6 Å². The molecule has 2 aromatic heterocycles. The van der Waals surface area contributed by atoms with Crippen molar-refractivity contribution in [2.45, 2.75) is 32.2 Å². The first-order valence-corrected chi connectivity index (χ1v) is 13.1. The van der Waals surface area contributed by atoms with Gasteiger partial charge in [-0.25, -0.2) is 4.98 Å². The number of halogens is 6. The number of nitrogens with zero attached hydrogens (tertiary/aromatic N) is 4. The average Bonchev–Trinajstić information content (AvgIpc) is 3.34. The number of hydrogen-bond acceptors (Lipinski definition) is 4. The standard InChI is InChI=1S/C29H27F6N5O/c1-2-24-26(40-18-21(29(33,34)35)7-12-25(40)37-24)27(41)36-17-19-3-8-22(9-4-19)38-13-15-39(16-14-38)23-10-5-20(6-11-23)28(30,31)32/h3-12,18H,2,13-17H2,1H3,(H,36,41). The number of rotatable bonds is 6. The molecule has 0 atom stereocenters. The molecule has 1 amide bonds. The Morgan fingerprint density at radius 1 is 0.780 bits per heavy atom. The summed E-state index contributed by atoms with van der Waals surface area (Å²) in [7, 11) is 0. The zero-order valence-corrected chi connectivity index (χ0v) is 22.1. The van der Waals surface area contributed by atoms with Gasteiger partial charge in [0, 0.05) is 50.3 Å². The number of fused-ring (bicyclic) bond motifs is 1. The van der Waals surface area contributed by atoms with Crippen LogP contribution in [0.3, 0.4) is 0 Å². The first-order valence-electron chi connectivity index (χ1n) is 13.1. The van der Waals surface area contributed by atoms with Crippen molar-refractivity contribution in [1.29, 1.82) is 0 Å². The lowest BCUT2D eigenvalue weighted by molar-refractivity contribution is -0.138. The molecule has 0 unspecified atom stereocenters. The molecule has 5 rings (SSSR count). The highest BCUT2D eigenvalue weighted by molar-refractivity contribution is 5.94. The van der Waals surface area contributed by atoms with Gasteiger partial charge in [0.1, 0.15) is 11.3 Å². The normalized spacial score (nSPS) is 14.5. The van der Waals surface area contributed by atoms with E-state index in [1.807, 2.05) is 29.2 Å². The summed E-state index contributed by atoms with van der Waals surface area (Å²) in [6.45, 7) is 4.63. The van der Waals surface area contributed by atoms with Crippen molar-refractivity contribution in [3.63, 3.8) is 0 Å². The summed E-state index contributed by atoms with van der Waals surface area (Å²) >= 11 is 0. The van der Waals surface area contributed by atoms with Crippen LogP contribution in [0.15, 0.2) is 66.9 Å². The molecule has 1 aliphatic rings. The van der Waals surface area contributed by atoms with E-state index in [2.05, 4.69) is 15.2 Å². The number of imidazole rings is 1. The van der Waals surface area contributed by atoms with Crippen LogP contribution in [0.5, 0.6) is 0 Å². The van der Waals surface area contributed by atoms with Gasteiger partial charge in [-0.05, 0) is 60.5 Å². The maximum atomic E-state index is 13.2. The molecule has 1 aliphatic heterocycles. The van der Waals surface area contributed by atoms with Gasteiger partial charge >= 0.3 is 12.4 Å². The Kier molecular flexibility index (Phi) is 7.58. The summed E-state index contributed by atoms with van der Waals surface area (Å²) < 4.78 is 79.4. The van der Waals surface area contributed by atoms with Crippen molar-refractivity contribution >= 4 is 22.9 Å². The van der Waals surface area contributed by atoms with Crippen LogP contribution in [0, 0.1) is 0 Å². The van der Waals surface area contributed by atoms with Crippen LogP contribution in [0.2, 0.25) is 0 Å². The van der Waals surface area contributed by atoms with Crippen LogP contribution in [-0.2, 0) is 25.3 Å². The number of anilines is 2. The van der Waals surface area contributed by atoms with Crippen LogP contribution in [0.1, 0.15) is 39.8 Å². The summed E-state index contributed by atoms with van der Waals surface area (Å²) in [6, 6.07) is 15.0. The fourth-order valence-corrected chi connectivity index (χ4v) is 4.92. The van der Waals surface area contributed by atoms with E-state index in [0.717, 1.165) is 41.3 Å². The van der Waals surface area contributed by atoms with E-state index in [1.54, 1.807) is 6.92 Å². The summed E-state index contributed by atoms with van der Waals surface area (Å²) in [4.78, 5) is 21.6. The van der Waals surface area contributed by atoms with Gasteiger partial charge in [0.15, 0.2) is 0 Å². The number of piperazine rings is 1. The lowest BCUT2D eigenvalue weighted by atomic mass is 10.1. The third-order valence-corrected chi connectivity index (χ3v) is 7.16. The van der Waals surface area contributed by atoms with Crippen LogP contribution in [0.4, 0.5) is 37.7 Å². The predicted octanol–water partition coefficient (Wildman–Crippen LogP) is 6.19. The van der Waals surface area contributed by atoms with Crippen LogP contribution in [-0.4, -0.2) is 41.5 Å². The van der Waals surface area contributed by atoms with Crippen LogP contribution in [0.25, 0.3) is 5.65 Å². The lowest BCUT2D eigenvalue weighted by Gasteiger charge is -2.37. The number of hydrogen-bond donors (Lipinski definition) is 1. The lowest BCUT2D eigenvalue weighted by Crippen LogP contribution is -2.46. The minimum atomic E-state index is -4.55. The van der Waals surface area contributed by atoms with E-state index >= 15 is 0 Å². The maximum Gasteiger partial charge on any atom is 0.417 e. The van der Waals surface area contributed by atoms with E-state index in [-0.39, 0.29) is 17.9 Å². The van der Waals surface area contributed by atoms with Crippen molar-refractivity contribution in [3.05, 3.63) is 94.9 Å². The SMILES string of the molecule is CCc1nc2ccc(C(F)(F)F)cn2c1C(=O)NCc1ccc(N2CCN(c3ccc(C(F)(F)F)cc3)CC2)cc1. The van der Waals surface area contributed by atoms with Gasteiger partial charge in [-0.15, -0.1) is 0 Å². The first kappa shape index (κ1) is 28.3. The number of aromatic nitrogens is 2. The molecule has 41 heavy (non-hydrogen) atoms. The Balaban J connectivity index is 1.20. The van der Waals surface area contributed by atoms with Gasteiger partial charge in [0.05, 0.1) is 16.8 Å². The number of pyridine rings is 1. The van der Waals surface area contributed by atoms with Crippen molar-refractivity contribution in [2.75, 3.05) is 36.0 Å². The molecule has 0 bridgehead atoms. The zero-order chi connectivity index (χ0) is 29.4. The molecule has 0 saturated carbocycles. The molecule has 6 nitrogen and oxygen atoms in total. The fraction of sp³-hybridized carbons (Fsp3) is 0.310. The molecule has 1 saturated heterocycles. The van der Waals surface area contributed by atoms with Crippen molar-refractivity contribution < 1.29 is 31.1 Å². The number of carbonyl (C=O) groups excluding carboxylic acids is 1. The predicted molar refractivity (Wildman–Crippen MR) is 143 cm³/mol. The molecule has 1 fully saturated rings. The number of benzene rings is 2. The van der Waals surface area contributed by atoms with E-state index in [4.69, 9.17) is 0 Å². The minimum absolute atomic E-state index is 0.0798. The molecular formula is C29H27F6N5O. The molecule has 3 heterocycles. The summed E-state index contributed by atoms with van der Waals surface area (Å²) in [5.74, 6) is -0.517. The Bertz CT molecular complexity index is 1520.